The van der Waals surface area contributed by atoms with E-state index in [0.717, 1.165) is 50.7 Å². The van der Waals surface area contributed by atoms with Gasteiger partial charge < -0.3 is 10.1 Å². The van der Waals surface area contributed by atoms with Crippen LogP contribution in [0.15, 0.2) is 24.3 Å². The van der Waals surface area contributed by atoms with Crippen molar-refractivity contribution in [1.29, 1.82) is 0 Å². The fourth-order valence-corrected chi connectivity index (χ4v) is 5.60. The van der Waals surface area contributed by atoms with Crippen LogP contribution < -0.4 is 5.32 Å². The van der Waals surface area contributed by atoms with Gasteiger partial charge in [-0.3, -0.25) is 4.68 Å². The minimum absolute atomic E-state index is 0.140. The summed E-state index contributed by atoms with van der Waals surface area (Å²) in [4.78, 5) is 3.84. The molecule has 0 spiro atoms. The summed E-state index contributed by atoms with van der Waals surface area (Å²) in [6, 6.07) is 6.10. The van der Waals surface area contributed by atoms with Crippen molar-refractivity contribution >= 4 is 0 Å². The number of hydrogen-bond donors (Lipinski definition) is 1. The highest BCUT2D eigenvalue weighted by Gasteiger charge is 2.59. The maximum atomic E-state index is 13.1. The second-order valence-electron chi connectivity index (χ2n) is 9.45. The van der Waals surface area contributed by atoms with E-state index in [4.69, 9.17) is 4.74 Å². The SMILES string of the molecule is CC(C)n1nc(-c2cccc(C(F)(F)F)n2)cc1C1[C@H]2CC(C3CNCCCO3)C[C@@H]12. The molecule has 1 aliphatic heterocycles. The van der Waals surface area contributed by atoms with Gasteiger partial charge in [-0.25, -0.2) is 4.98 Å². The molecule has 3 unspecified atom stereocenters. The van der Waals surface area contributed by atoms with Crippen LogP contribution in [0.3, 0.4) is 0 Å². The van der Waals surface area contributed by atoms with E-state index in [9.17, 15) is 13.2 Å². The van der Waals surface area contributed by atoms with Crippen molar-refractivity contribution in [2.24, 2.45) is 17.8 Å². The molecule has 3 aliphatic rings. The molecule has 3 fully saturated rings. The van der Waals surface area contributed by atoms with Gasteiger partial charge in [0.15, 0.2) is 0 Å². The molecule has 2 aliphatic carbocycles. The molecule has 3 heterocycles. The smallest absolute Gasteiger partial charge is 0.377 e. The standard InChI is InChI=1S/C23H29F3N4O/c1-13(2)30-19(11-18(29-30)17-5-3-6-21(28-17)23(24,25)26)22-15-9-14(10-16(15)22)20-12-27-7-4-8-31-20/h3,5-6,11,13-16,20,22,27H,4,7-10,12H2,1-2H3/t14?,15-,16+,20?,22?. The van der Waals surface area contributed by atoms with Crippen LogP contribution in [0.25, 0.3) is 11.4 Å². The number of nitrogens with zero attached hydrogens (tertiary/aromatic N) is 3. The highest BCUT2D eigenvalue weighted by atomic mass is 19.4. The second kappa shape index (κ2) is 7.89. The fourth-order valence-electron chi connectivity index (χ4n) is 5.60. The molecule has 1 saturated heterocycles. The lowest BCUT2D eigenvalue weighted by molar-refractivity contribution is -0.141. The van der Waals surface area contributed by atoms with Crippen molar-refractivity contribution in [3.63, 3.8) is 0 Å². The molecule has 2 aromatic heterocycles. The molecule has 2 aromatic rings. The van der Waals surface area contributed by atoms with Gasteiger partial charge in [0.05, 0.1) is 11.8 Å². The zero-order valence-electron chi connectivity index (χ0n) is 17.9. The Morgan fingerprint density at radius 2 is 1.94 bits per heavy atom. The Kier molecular flexibility index (Phi) is 5.33. The Morgan fingerprint density at radius 1 is 1.16 bits per heavy atom. The van der Waals surface area contributed by atoms with E-state index in [2.05, 4.69) is 29.2 Å². The minimum atomic E-state index is -4.46. The third-order valence-corrected chi connectivity index (χ3v) is 7.08. The van der Waals surface area contributed by atoms with Crippen LogP contribution in [0.2, 0.25) is 0 Å². The Hall–Kier alpha value is -1.93. The molecule has 0 bridgehead atoms. The van der Waals surface area contributed by atoms with Crippen molar-refractivity contribution in [2.75, 3.05) is 19.7 Å². The first kappa shape index (κ1) is 20.9. The molecular formula is C23H29F3N4O. The van der Waals surface area contributed by atoms with Gasteiger partial charge >= 0.3 is 6.18 Å². The van der Waals surface area contributed by atoms with Crippen LogP contribution >= 0.6 is 0 Å². The molecule has 5 rings (SSSR count). The first-order chi connectivity index (χ1) is 14.8. The van der Waals surface area contributed by atoms with Crippen LogP contribution in [0.1, 0.15) is 56.5 Å². The Morgan fingerprint density at radius 3 is 2.65 bits per heavy atom. The van der Waals surface area contributed by atoms with E-state index in [1.807, 2.05) is 10.7 Å². The molecule has 0 aromatic carbocycles. The number of hydrogen-bond acceptors (Lipinski definition) is 4. The van der Waals surface area contributed by atoms with Crippen LogP contribution in [0.5, 0.6) is 0 Å². The predicted octanol–water partition coefficient (Wildman–Crippen LogP) is 4.66. The molecule has 8 heteroatoms. The normalized spacial score (nSPS) is 31.0. The lowest BCUT2D eigenvalue weighted by Gasteiger charge is -2.24. The van der Waals surface area contributed by atoms with Crippen molar-refractivity contribution in [1.82, 2.24) is 20.1 Å². The molecule has 5 atom stereocenters. The maximum absolute atomic E-state index is 13.1. The summed E-state index contributed by atoms with van der Waals surface area (Å²) in [7, 11) is 0. The molecule has 1 N–H and O–H groups in total. The highest BCUT2D eigenvalue weighted by molar-refractivity contribution is 5.55. The summed E-state index contributed by atoms with van der Waals surface area (Å²) in [5.41, 5.74) is 1.05. The van der Waals surface area contributed by atoms with E-state index in [-0.39, 0.29) is 11.7 Å². The summed E-state index contributed by atoms with van der Waals surface area (Å²) >= 11 is 0. The highest BCUT2D eigenvalue weighted by Crippen LogP contribution is 2.65. The van der Waals surface area contributed by atoms with E-state index in [0.29, 0.717) is 35.5 Å². The Bertz CT molecular complexity index is 921. The van der Waals surface area contributed by atoms with Crippen molar-refractivity contribution in [3.8, 4) is 11.4 Å². The topological polar surface area (TPSA) is 52.0 Å². The van der Waals surface area contributed by atoms with Gasteiger partial charge in [0.25, 0.3) is 0 Å². The van der Waals surface area contributed by atoms with Crippen LogP contribution in [0.4, 0.5) is 13.2 Å². The fraction of sp³-hybridized carbons (Fsp3) is 0.652. The lowest BCUT2D eigenvalue weighted by atomic mass is 9.93. The zero-order valence-corrected chi connectivity index (χ0v) is 17.9. The summed E-state index contributed by atoms with van der Waals surface area (Å²) in [5.74, 6) is 2.27. The van der Waals surface area contributed by atoms with Crippen molar-refractivity contribution < 1.29 is 17.9 Å². The van der Waals surface area contributed by atoms with Gasteiger partial charge in [-0.1, -0.05) is 6.07 Å². The van der Waals surface area contributed by atoms with E-state index in [1.165, 1.54) is 6.07 Å². The average molecular weight is 435 g/mol. The molecule has 5 nitrogen and oxygen atoms in total. The van der Waals surface area contributed by atoms with Gasteiger partial charge in [0.1, 0.15) is 11.4 Å². The number of alkyl halides is 3. The van der Waals surface area contributed by atoms with Crippen LogP contribution in [-0.2, 0) is 10.9 Å². The van der Waals surface area contributed by atoms with Gasteiger partial charge in [0.2, 0.25) is 0 Å². The van der Waals surface area contributed by atoms with Gasteiger partial charge in [-0.2, -0.15) is 18.3 Å². The molecular weight excluding hydrogens is 405 g/mol. The molecule has 2 saturated carbocycles. The number of pyridine rings is 1. The largest absolute Gasteiger partial charge is 0.433 e. The molecule has 31 heavy (non-hydrogen) atoms. The van der Waals surface area contributed by atoms with E-state index >= 15 is 0 Å². The van der Waals surface area contributed by atoms with Gasteiger partial charge in [-0.05, 0) is 75.6 Å². The summed E-state index contributed by atoms with van der Waals surface area (Å²) < 4.78 is 47.4. The zero-order chi connectivity index (χ0) is 21.8. The molecule has 0 radical (unpaired) electrons. The van der Waals surface area contributed by atoms with Gasteiger partial charge in [-0.15, -0.1) is 0 Å². The number of aromatic nitrogens is 3. The molecule has 0 amide bonds. The summed E-state index contributed by atoms with van der Waals surface area (Å²) in [5, 5.41) is 8.15. The Labute approximate surface area is 180 Å². The number of nitrogens with one attached hydrogen (secondary N) is 1. The predicted molar refractivity (Wildman–Crippen MR) is 111 cm³/mol. The van der Waals surface area contributed by atoms with Crippen LogP contribution in [-0.4, -0.2) is 40.6 Å². The number of rotatable bonds is 4. The number of ether oxygens (including phenoxy) is 1. The first-order valence-corrected chi connectivity index (χ1v) is 11.3. The second-order valence-corrected chi connectivity index (χ2v) is 9.45. The van der Waals surface area contributed by atoms with E-state index in [1.54, 1.807) is 6.07 Å². The third kappa shape index (κ3) is 4.00. The average Bonchev–Trinajstić information content (AvgIpc) is 3.07. The quantitative estimate of drug-likeness (QED) is 0.760. The first-order valence-electron chi connectivity index (χ1n) is 11.3. The molecule has 168 valence electrons. The lowest BCUT2D eigenvalue weighted by Crippen LogP contribution is -2.32. The minimum Gasteiger partial charge on any atom is -0.377 e. The van der Waals surface area contributed by atoms with Crippen molar-refractivity contribution in [3.05, 3.63) is 35.7 Å². The summed E-state index contributed by atoms with van der Waals surface area (Å²) in [6.07, 6.45) is -0.782. The van der Waals surface area contributed by atoms with Gasteiger partial charge in [0, 0.05) is 30.8 Å². The van der Waals surface area contributed by atoms with E-state index < -0.39 is 11.9 Å². The number of halogens is 3. The third-order valence-electron chi connectivity index (χ3n) is 7.08. The van der Waals surface area contributed by atoms with Crippen molar-refractivity contribution in [2.45, 2.75) is 57.3 Å². The maximum Gasteiger partial charge on any atom is 0.433 e. The Balaban J connectivity index is 1.35. The van der Waals surface area contributed by atoms with Crippen LogP contribution in [0, 0.1) is 17.8 Å². The summed E-state index contributed by atoms with van der Waals surface area (Å²) in [6.45, 7) is 6.92. The number of fused-ring (bicyclic) bond motifs is 1. The monoisotopic (exact) mass is 434 g/mol.